The highest BCUT2D eigenvalue weighted by Gasteiger charge is 1.98. The Kier molecular flexibility index (Phi) is 13.0. The Morgan fingerprint density at radius 1 is 0.829 bits per heavy atom. The summed E-state index contributed by atoms with van der Waals surface area (Å²) in [5, 5.41) is 12.9. The maximum atomic E-state index is 11.3. The molecule has 210 valence electrons. The molecule has 0 unspecified atom stereocenters. The van der Waals surface area contributed by atoms with E-state index in [2.05, 4.69) is 15.0 Å². The van der Waals surface area contributed by atoms with Gasteiger partial charge in [0.1, 0.15) is 17.2 Å². The van der Waals surface area contributed by atoms with Crippen molar-refractivity contribution in [1.29, 1.82) is 0 Å². The number of carbonyl (C=O) groups excluding carboxylic acids is 1. The number of aromatic nitrogens is 1. The Balaban J connectivity index is 0.000000216. The van der Waals surface area contributed by atoms with E-state index in [0.29, 0.717) is 16.9 Å². The van der Waals surface area contributed by atoms with Gasteiger partial charge in [0.15, 0.2) is 0 Å². The Morgan fingerprint density at radius 3 is 1.93 bits per heavy atom. The number of H-pyrrole nitrogens is 1. The summed E-state index contributed by atoms with van der Waals surface area (Å²) in [5.41, 5.74) is 9.54. The van der Waals surface area contributed by atoms with E-state index in [0.717, 1.165) is 28.3 Å². The number of fused-ring (bicyclic) bond motifs is 1. The fraction of sp³-hybridized carbons (Fsp3) is 0.100. The van der Waals surface area contributed by atoms with Crippen molar-refractivity contribution < 1.29 is 28.9 Å². The monoisotopic (exact) mass is 556 g/mol. The highest BCUT2D eigenvalue weighted by molar-refractivity contribution is 5.92. The zero-order chi connectivity index (χ0) is 30.0. The van der Waals surface area contributed by atoms with E-state index in [9.17, 15) is 14.4 Å². The number of methoxy groups -OCH3 is 3. The first-order chi connectivity index (χ1) is 19.8. The number of carbonyl (C=O) groups is 2. The first-order valence-electron chi connectivity index (χ1n) is 11.9. The van der Waals surface area contributed by atoms with Crippen LogP contribution in [-0.4, -0.2) is 43.3 Å². The summed E-state index contributed by atoms with van der Waals surface area (Å²) in [7, 11) is 4.74. The first-order valence-corrected chi connectivity index (χ1v) is 11.9. The molecule has 2 N–H and O–H groups in total. The number of hydrogen-bond acceptors (Lipinski definition) is 6. The molecule has 0 saturated carbocycles. The molecule has 11 heteroatoms. The van der Waals surface area contributed by atoms with Gasteiger partial charge in [0.25, 0.3) is 5.56 Å². The molecule has 3 aromatic carbocycles. The van der Waals surface area contributed by atoms with Crippen molar-refractivity contribution in [3.8, 4) is 17.2 Å². The summed E-state index contributed by atoms with van der Waals surface area (Å²) < 4.78 is 15.0. The van der Waals surface area contributed by atoms with Gasteiger partial charge in [-0.2, -0.15) is 0 Å². The molecular formula is C30H28N4O7. The van der Waals surface area contributed by atoms with E-state index < -0.39 is 11.9 Å². The number of aliphatic carboxylic acids is 1. The van der Waals surface area contributed by atoms with Gasteiger partial charge in [-0.05, 0) is 87.8 Å². The Morgan fingerprint density at radius 2 is 1.39 bits per heavy atom. The molecule has 4 aromatic rings. The lowest BCUT2D eigenvalue weighted by atomic mass is 10.2. The summed E-state index contributed by atoms with van der Waals surface area (Å²) in [4.78, 5) is 37.3. The van der Waals surface area contributed by atoms with Crippen molar-refractivity contribution in [2.24, 2.45) is 5.11 Å². The average Bonchev–Trinajstić information content (AvgIpc) is 3.00. The topological polar surface area (TPSA) is 164 Å². The molecule has 0 atom stereocenters. The zero-order valence-corrected chi connectivity index (χ0v) is 22.6. The molecule has 0 fully saturated rings. The van der Waals surface area contributed by atoms with E-state index in [1.54, 1.807) is 82.1 Å². The summed E-state index contributed by atoms with van der Waals surface area (Å²) in [6, 6.07) is 21.6. The normalized spacial score (nSPS) is 10.0. The molecule has 0 aliphatic carbocycles. The molecule has 0 aliphatic rings. The second kappa shape index (κ2) is 16.9. The molecule has 4 rings (SSSR count). The van der Waals surface area contributed by atoms with Crippen LogP contribution >= 0.6 is 0 Å². The van der Waals surface area contributed by atoms with E-state index in [1.807, 2.05) is 24.3 Å². The van der Waals surface area contributed by atoms with Crippen LogP contribution in [0, 0.1) is 0 Å². The summed E-state index contributed by atoms with van der Waals surface area (Å²) >= 11 is 0. The lowest BCUT2D eigenvalue weighted by Gasteiger charge is -2.00. The zero-order valence-electron chi connectivity index (χ0n) is 22.6. The van der Waals surface area contributed by atoms with E-state index in [-0.39, 0.29) is 5.56 Å². The minimum absolute atomic E-state index is 0.0693. The minimum Gasteiger partial charge on any atom is -0.497 e. The fourth-order valence-corrected chi connectivity index (χ4v) is 3.20. The van der Waals surface area contributed by atoms with Gasteiger partial charge in [-0.15, -0.1) is 0 Å². The molecule has 0 saturated heterocycles. The van der Waals surface area contributed by atoms with Crippen molar-refractivity contribution in [3.63, 3.8) is 0 Å². The van der Waals surface area contributed by atoms with E-state index in [4.69, 9.17) is 24.8 Å². The van der Waals surface area contributed by atoms with Crippen molar-refractivity contribution in [2.45, 2.75) is 0 Å². The average molecular weight is 557 g/mol. The molecule has 0 bridgehead atoms. The number of hydrogen-bond donors (Lipinski definition) is 2. The number of azide groups is 1. The predicted octanol–water partition coefficient (Wildman–Crippen LogP) is 5.88. The number of rotatable bonds is 7. The number of carboxylic acid groups (broad SMARTS) is 1. The van der Waals surface area contributed by atoms with Crippen LogP contribution in [0.15, 0.2) is 101 Å². The van der Waals surface area contributed by atoms with Gasteiger partial charge in [0, 0.05) is 22.6 Å². The lowest BCUT2D eigenvalue weighted by Crippen LogP contribution is -2.03. The molecule has 11 nitrogen and oxygen atoms in total. The number of pyridine rings is 1. The third-order valence-electron chi connectivity index (χ3n) is 5.15. The van der Waals surface area contributed by atoms with Crippen LogP contribution in [0.25, 0.3) is 33.4 Å². The van der Waals surface area contributed by atoms with Crippen LogP contribution in [0.2, 0.25) is 0 Å². The molecule has 0 spiro atoms. The number of nitrogens with zero attached hydrogens (tertiary/aromatic N) is 3. The SMILES string of the molecule is COc1ccc2c(=O)[nH]ccc2c1.COc1cccc(/C=C/C(=O)N=[N+]=[N-])c1.COc1cccc(/C=C/C(=O)O)c1. The number of ether oxygens (including phenoxy) is 3. The standard InChI is InChI=1S/C10H9N3O2.C10H9NO2.C10H10O3/c1-15-9-4-2-3-8(7-9)5-6-10(14)12-13-11;1-13-8-2-3-9-7(6-8)4-5-11-10(9)12;1-13-9-4-2-3-8(7-9)5-6-10(11)12/h2-7H,1H3;2-6H,1H3,(H,11,12);2-7H,1H3,(H,11,12)/b6-5+;;6-5+. The molecular weight excluding hydrogens is 528 g/mol. The highest BCUT2D eigenvalue weighted by atomic mass is 16.5. The van der Waals surface area contributed by atoms with Crippen molar-refractivity contribution in [1.82, 2.24) is 4.98 Å². The van der Waals surface area contributed by atoms with Crippen LogP contribution < -0.4 is 19.8 Å². The number of carboxylic acids is 1. The van der Waals surface area contributed by atoms with Crippen molar-refractivity contribution in [2.75, 3.05) is 21.3 Å². The van der Waals surface area contributed by atoms with Crippen molar-refractivity contribution in [3.05, 3.63) is 123 Å². The number of nitrogens with one attached hydrogen (secondary N) is 1. The fourth-order valence-electron chi connectivity index (χ4n) is 3.20. The van der Waals surface area contributed by atoms with Gasteiger partial charge >= 0.3 is 5.97 Å². The molecule has 1 aromatic heterocycles. The number of aromatic amines is 1. The number of benzene rings is 3. The smallest absolute Gasteiger partial charge is 0.328 e. The van der Waals surface area contributed by atoms with Crippen molar-refractivity contribution >= 4 is 34.8 Å². The Hall–Kier alpha value is -5.80. The molecule has 1 amide bonds. The molecule has 41 heavy (non-hydrogen) atoms. The molecule has 0 aliphatic heterocycles. The molecule has 1 heterocycles. The summed E-state index contributed by atoms with van der Waals surface area (Å²) in [6.07, 6.45) is 7.00. The van der Waals surface area contributed by atoms with E-state index >= 15 is 0 Å². The first kappa shape index (κ1) is 31.4. The van der Waals surface area contributed by atoms with E-state index in [1.165, 1.54) is 12.2 Å². The minimum atomic E-state index is -0.956. The quantitative estimate of drug-likeness (QED) is 0.124. The van der Waals surface area contributed by atoms with Crippen LogP contribution in [0.5, 0.6) is 17.2 Å². The van der Waals surface area contributed by atoms with Crippen LogP contribution in [0.1, 0.15) is 11.1 Å². The van der Waals surface area contributed by atoms with Crippen LogP contribution in [0.3, 0.4) is 0 Å². The summed E-state index contributed by atoms with van der Waals surface area (Å²) in [5.74, 6) is 0.599. The van der Waals surface area contributed by atoms with Gasteiger partial charge in [0.2, 0.25) is 5.91 Å². The third kappa shape index (κ3) is 11.2. The lowest BCUT2D eigenvalue weighted by molar-refractivity contribution is -0.131. The predicted molar refractivity (Wildman–Crippen MR) is 157 cm³/mol. The van der Waals surface area contributed by atoms with Gasteiger partial charge in [-0.3, -0.25) is 9.59 Å². The van der Waals surface area contributed by atoms with Gasteiger partial charge in [-0.25, -0.2) is 4.79 Å². The maximum absolute atomic E-state index is 11.3. The second-order valence-electron chi connectivity index (χ2n) is 7.85. The second-order valence-corrected chi connectivity index (χ2v) is 7.85. The Labute approximate surface area is 235 Å². The van der Waals surface area contributed by atoms with Gasteiger partial charge in [-0.1, -0.05) is 30.3 Å². The van der Waals surface area contributed by atoms with Gasteiger partial charge in [0.05, 0.1) is 21.3 Å². The Bertz CT molecular complexity index is 1640. The third-order valence-corrected chi connectivity index (χ3v) is 5.15. The largest absolute Gasteiger partial charge is 0.497 e. The summed E-state index contributed by atoms with van der Waals surface area (Å²) in [6.45, 7) is 0. The highest BCUT2D eigenvalue weighted by Crippen LogP contribution is 2.17. The van der Waals surface area contributed by atoms with Crippen LogP contribution in [0.4, 0.5) is 0 Å². The van der Waals surface area contributed by atoms with Gasteiger partial charge < -0.3 is 24.3 Å². The number of amides is 1. The molecule has 0 radical (unpaired) electrons. The maximum Gasteiger partial charge on any atom is 0.328 e. The van der Waals surface area contributed by atoms with Crippen LogP contribution in [-0.2, 0) is 9.59 Å².